The third-order valence-corrected chi connectivity index (χ3v) is 2.91. The molecule has 0 heterocycles. The van der Waals surface area contributed by atoms with Gasteiger partial charge in [-0.1, -0.05) is 20.8 Å². The van der Waals surface area contributed by atoms with Gasteiger partial charge in [-0.2, -0.15) is 0 Å². The van der Waals surface area contributed by atoms with Gasteiger partial charge in [-0.15, -0.1) is 0 Å². The molecule has 1 amide bonds. The van der Waals surface area contributed by atoms with Gasteiger partial charge in [0.15, 0.2) is 0 Å². The summed E-state index contributed by atoms with van der Waals surface area (Å²) in [5.41, 5.74) is 5.96. The third-order valence-electron chi connectivity index (χ3n) is 2.91. The lowest BCUT2D eigenvalue weighted by Crippen LogP contribution is -2.45. The molecule has 20 heavy (non-hydrogen) atoms. The number of nitrogens with one attached hydrogen (secondary N) is 1. The van der Waals surface area contributed by atoms with Crippen molar-refractivity contribution in [1.29, 1.82) is 0 Å². The lowest BCUT2D eigenvalue weighted by molar-refractivity contribution is -0.119. The van der Waals surface area contributed by atoms with Crippen molar-refractivity contribution in [1.82, 2.24) is 0 Å². The molecular weight excluding hydrogens is 260 g/mol. The Morgan fingerprint density at radius 1 is 1.35 bits per heavy atom. The number of benzene rings is 1. The van der Waals surface area contributed by atoms with E-state index in [4.69, 9.17) is 15.6 Å². The van der Waals surface area contributed by atoms with E-state index >= 15 is 0 Å². The van der Waals surface area contributed by atoms with Gasteiger partial charge >= 0.3 is 5.97 Å². The molecule has 0 fully saturated rings. The summed E-state index contributed by atoms with van der Waals surface area (Å²) in [6, 6.07) is 3.66. The molecule has 1 aromatic rings. The van der Waals surface area contributed by atoms with Crippen LogP contribution in [-0.2, 0) is 4.79 Å². The van der Waals surface area contributed by atoms with E-state index < -0.39 is 12.0 Å². The molecule has 0 aliphatic heterocycles. The van der Waals surface area contributed by atoms with E-state index in [9.17, 15) is 9.59 Å². The monoisotopic (exact) mass is 280 g/mol. The number of hydrogen-bond acceptors (Lipinski definition) is 4. The number of carboxylic acids is 1. The molecule has 0 aromatic heterocycles. The molecule has 0 unspecified atom stereocenters. The van der Waals surface area contributed by atoms with Crippen molar-refractivity contribution < 1.29 is 19.4 Å². The van der Waals surface area contributed by atoms with Crippen LogP contribution in [0.5, 0.6) is 5.75 Å². The predicted molar refractivity (Wildman–Crippen MR) is 76.0 cm³/mol. The SMILES string of the molecule is COc1cc(NC(=O)[C@H](N)C(C)(C)C)ccc1C(=O)O. The Balaban J connectivity index is 2.94. The standard InChI is InChI=1S/C14H20N2O4/c1-14(2,3)11(15)12(17)16-8-5-6-9(13(18)19)10(7-8)20-4/h5-7,11H,15H2,1-4H3,(H,16,17)(H,18,19)/t11-/m0/s1. The normalized spacial score (nSPS) is 12.7. The quantitative estimate of drug-likeness (QED) is 0.779. The Morgan fingerprint density at radius 2 is 1.95 bits per heavy atom. The summed E-state index contributed by atoms with van der Waals surface area (Å²) in [4.78, 5) is 23.0. The van der Waals surface area contributed by atoms with Crippen LogP contribution < -0.4 is 15.8 Å². The average molecular weight is 280 g/mol. The molecule has 1 atom stereocenters. The van der Waals surface area contributed by atoms with Crippen molar-refractivity contribution in [2.75, 3.05) is 12.4 Å². The summed E-state index contributed by atoms with van der Waals surface area (Å²) < 4.78 is 4.99. The highest BCUT2D eigenvalue weighted by atomic mass is 16.5. The largest absolute Gasteiger partial charge is 0.496 e. The Kier molecular flexibility index (Phi) is 4.73. The van der Waals surface area contributed by atoms with Crippen LogP contribution in [0.2, 0.25) is 0 Å². The zero-order chi connectivity index (χ0) is 15.5. The second kappa shape index (κ2) is 5.92. The predicted octanol–water partition coefficient (Wildman–Crippen LogP) is 1.71. The highest BCUT2D eigenvalue weighted by molar-refractivity contribution is 5.97. The zero-order valence-electron chi connectivity index (χ0n) is 12.1. The maximum Gasteiger partial charge on any atom is 0.339 e. The zero-order valence-corrected chi connectivity index (χ0v) is 12.1. The van der Waals surface area contributed by atoms with Crippen LogP contribution in [0.25, 0.3) is 0 Å². The van der Waals surface area contributed by atoms with Crippen molar-refractivity contribution in [3.05, 3.63) is 23.8 Å². The van der Waals surface area contributed by atoms with Crippen LogP contribution in [-0.4, -0.2) is 30.1 Å². The van der Waals surface area contributed by atoms with Crippen LogP contribution in [0, 0.1) is 5.41 Å². The van der Waals surface area contributed by atoms with Gasteiger partial charge in [-0.3, -0.25) is 4.79 Å². The second-order valence-corrected chi connectivity index (χ2v) is 5.55. The summed E-state index contributed by atoms with van der Waals surface area (Å²) in [5, 5.41) is 11.6. The number of anilines is 1. The minimum atomic E-state index is -1.09. The molecule has 1 rings (SSSR count). The van der Waals surface area contributed by atoms with E-state index in [0.717, 1.165) is 0 Å². The topological polar surface area (TPSA) is 102 Å². The van der Waals surface area contributed by atoms with E-state index in [0.29, 0.717) is 5.69 Å². The summed E-state index contributed by atoms with van der Waals surface area (Å²) in [5.74, 6) is -1.24. The Hall–Kier alpha value is -2.08. The van der Waals surface area contributed by atoms with Crippen molar-refractivity contribution in [2.24, 2.45) is 11.1 Å². The maximum atomic E-state index is 12.0. The second-order valence-electron chi connectivity index (χ2n) is 5.55. The molecule has 0 radical (unpaired) electrons. The smallest absolute Gasteiger partial charge is 0.339 e. The molecule has 0 aliphatic rings. The van der Waals surface area contributed by atoms with E-state index in [2.05, 4.69) is 5.32 Å². The maximum absolute atomic E-state index is 12.0. The lowest BCUT2D eigenvalue weighted by atomic mass is 9.87. The molecule has 6 heteroatoms. The molecule has 0 aliphatic carbocycles. The number of rotatable bonds is 4. The summed E-state index contributed by atoms with van der Waals surface area (Å²) in [7, 11) is 1.37. The Labute approximate surface area is 117 Å². The van der Waals surface area contributed by atoms with E-state index in [1.165, 1.54) is 25.3 Å². The lowest BCUT2D eigenvalue weighted by Gasteiger charge is -2.25. The third kappa shape index (κ3) is 3.71. The van der Waals surface area contributed by atoms with Crippen LogP contribution in [0.1, 0.15) is 31.1 Å². The van der Waals surface area contributed by atoms with E-state index in [-0.39, 0.29) is 22.6 Å². The van der Waals surface area contributed by atoms with E-state index in [1.807, 2.05) is 20.8 Å². The Morgan fingerprint density at radius 3 is 2.40 bits per heavy atom. The van der Waals surface area contributed by atoms with Gasteiger partial charge in [0.05, 0.1) is 13.2 Å². The number of ether oxygens (including phenoxy) is 1. The highest BCUT2D eigenvalue weighted by Gasteiger charge is 2.27. The van der Waals surface area contributed by atoms with Gasteiger partial charge < -0.3 is 20.9 Å². The van der Waals surface area contributed by atoms with Gasteiger partial charge in [0.1, 0.15) is 11.3 Å². The Bertz CT molecular complexity index is 520. The molecular formula is C14H20N2O4. The van der Waals surface area contributed by atoms with Gasteiger partial charge in [-0.05, 0) is 17.5 Å². The molecule has 0 saturated carbocycles. The molecule has 0 bridgehead atoms. The van der Waals surface area contributed by atoms with Gasteiger partial charge in [0, 0.05) is 11.8 Å². The number of carboxylic acid groups (broad SMARTS) is 1. The fraction of sp³-hybridized carbons (Fsp3) is 0.429. The van der Waals surface area contributed by atoms with Crippen molar-refractivity contribution in [3.8, 4) is 5.75 Å². The molecule has 0 spiro atoms. The van der Waals surface area contributed by atoms with E-state index in [1.54, 1.807) is 0 Å². The minimum absolute atomic E-state index is 0.0330. The number of aromatic carboxylic acids is 1. The number of amides is 1. The van der Waals surface area contributed by atoms with Crippen molar-refractivity contribution in [2.45, 2.75) is 26.8 Å². The van der Waals surface area contributed by atoms with Crippen LogP contribution >= 0.6 is 0 Å². The first kappa shape index (κ1) is 16.0. The number of hydrogen-bond donors (Lipinski definition) is 3. The van der Waals surface area contributed by atoms with Gasteiger partial charge in [-0.25, -0.2) is 4.79 Å². The fourth-order valence-corrected chi connectivity index (χ4v) is 1.56. The number of nitrogens with two attached hydrogens (primary N) is 1. The van der Waals surface area contributed by atoms with Crippen molar-refractivity contribution in [3.63, 3.8) is 0 Å². The molecule has 0 saturated heterocycles. The van der Waals surface area contributed by atoms with Crippen molar-refractivity contribution >= 4 is 17.6 Å². The molecule has 6 nitrogen and oxygen atoms in total. The molecule has 110 valence electrons. The first-order chi connectivity index (χ1) is 9.16. The summed E-state index contributed by atoms with van der Waals surface area (Å²) in [6.45, 7) is 5.60. The minimum Gasteiger partial charge on any atom is -0.496 e. The first-order valence-corrected chi connectivity index (χ1v) is 6.14. The average Bonchev–Trinajstić information content (AvgIpc) is 2.36. The van der Waals surface area contributed by atoms with Gasteiger partial charge in [0.2, 0.25) is 5.91 Å². The fourth-order valence-electron chi connectivity index (χ4n) is 1.56. The molecule has 1 aromatic carbocycles. The van der Waals surface area contributed by atoms with Crippen LogP contribution in [0.4, 0.5) is 5.69 Å². The van der Waals surface area contributed by atoms with Crippen LogP contribution in [0.3, 0.4) is 0 Å². The molecule has 4 N–H and O–H groups in total. The van der Waals surface area contributed by atoms with Gasteiger partial charge in [0.25, 0.3) is 0 Å². The van der Waals surface area contributed by atoms with Crippen LogP contribution in [0.15, 0.2) is 18.2 Å². The number of methoxy groups -OCH3 is 1. The summed E-state index contributed by atoms with van der Waals surface area (Å²) in [6.07, 6.45) is 0. The highest BCUT2D eigenvalue weighted by Crippen LogP contribution is 2.24. The number of carbonyl (C=O) groups excluding carboxylic acids is 1. The number of carbonyl (C=O) groups is 2. The summed E-state index contributed by atoms with van der Waals surface area (Å²) >= 11 is 0. The first-order valence-electron chi connectivity index (χ1n) is 6.14.